The van der Waals surface area contributed by atoms with Crippen LogP contribution in [0, 0.1) is 0 Å². The highest BCUT2D eigenvalue weighted by atomic mass is 16.3. The van der Waals surface area contributed by atoms with Crippen LogP contribution in [0.4, 0.5) is 4.79 Å². The van der Waals surface area contributed by atoms with E-state index >= 15 is 0 Å². The molecular weight excluding hydrogens is 294 g/mol. The molecule has 23 heavy (non-hydrogen) atoms. The first-order chi connectivity index (χ1) is 11.1. The molecule has 124 valence electrons. The van der Waals surface area contributed by atoms with Crippen molar-refractivity contribution in [2.24, 2.45) is 0 Å². The van der Waals surface area contributed by atoms with Crippen molar-refractivity contribution >= 4 is 6.03 Å². The Balaban J connectivity index is 1.91. The first kappa shape index (κ1) is 17.1. The van der Waals surface area contributed by atoms with Gasteiger partial charge < -0.3 is 20.2 Å². The molecule has 2 amide bonds. The Morgan fingerprint density at radius 3 is 2.52 bits per heavy atom. The molecule has 2 unspecified atom stereocenters. The van der Waals surface area contributed by atoms with E-state index < -0.39 is 6.04 Å². The molecule has 2 atom stereocenters. The van der Waals surface area contributed by atoms with E-state index in [1.807, 2.05) is 61.5 Å². The van der Waals surface area contributed by atoms with Crippen molar-refractivity contribution in [1.82, 2.24) is 15.5 Å². The Kier molecular flexibility index (Phi) is 6.19. The van der Waals surface area contributed by atoms with Crippen molar-refractivity contribution in [2.75, 3.05) is 27.2 Å². The van der Waals surface area contributed by atoms with Crippen molar-refractivity contribution in [3.05, 3.63) is 60.1 Å². The van der Waals surface area contributed by atoms with Crippen LogP contribution >= 0.6 is 0 Å². The van der Waals surface area contributed by atoms with Gasteiger partial charge in [0.15, 0.2) is 0 Å². The Morgan fingerprint density at radius 1 is 1.22 bits per heavy atom. The summed E-state index contributed by atoms with van der Waals surface area (Å²) in [4.78, 5) is 14.1. The van der Waals surface area contributed by atoms with Gasteiger partial charge in [0.1, 0.15) is 5.76 Å². The van der Waals surface area contributed by atoms with Gasteiger partial charge in [-0.05, 0) is 31.8 Å². The van der Waals surface area contributed by atoms with E-state index in [0.717, 1.165) is 11.3 Å². The lowest BCUT2D eigenvalue weighted by Gasteiger charge is -2.23. The van der Waals surface area contributed by atoms with Gasteiger partial charge in [0.05, 0.1) is 25.0 Å². The van der Waals surface area contributed by atoms with Crippen LogP contribution in [-0.4, -0.2) is 43.3 Å². The SMILES string of the molecule is CN(C)C(CNC(=O)NC(CO)c1ccccc1)c1ccco1. The molecule has 0 aliphatic heterocycles. The number of carbonyl (C=O) groups is 1. The Bertz CT molecular complexity index is 584. The van der Waals surface area contributed by atoms with Crippen LogP contribution in [0.1, 0.15) is 23.4 Å². The Hall–Kier alpha value is -2.31. The third kappa shape index (κ3) is 4.84. The quantitative estimate of drug-likeness (QED) is 0.729. The number of carbonyl (C=O) groups excluding carboxylic acids is 1. The number of aliphatic hydroxyl groups is 1. The number of furan rings is 1. The van der Waals surface area contributed by atoms with Gasteiger partial charge in [-0.3, -0.25) is 4.90 Å². The average Bonchev–Trinajstić information content (AvgIpc) is 3.07. The van der Waals surface area contributed by atoms with Crippen LogP contribution in [0.3, 0.4) is 0 Å². The molecule has 2 rings (SSSR count). The average molecular weight is 317 g/mol. The second-order valence-corrected chi connectivity index (χ2v) is 5.50. The molecule has 0 aliphatic carbocycles. The number of nitrogens with one attached hydrogen (secondary N) is 2. The molecule has 6 heteroatoms. The van der Waals surface area contributed by atoms with Gasteiger partial charge in [-0.25, -0.2) is 4.79 Å². The summed E-state index contributed by atoms with van der Waals surface area (Å²) in [5.41, 5.74) is 0.861. The lowest BCUT2D eigenvalue weighted by Crippen LogP contribution is -2.42. The van der Waals surface area contributed by atoms with Gasteiger partial charge in [0.2, 0.25) is 0 Å². The van der Waals surface area contributed by atoms with Crippen LogP contribution in [0.25, 0.3) is 0 Å². The second-order valence-electron chi connectivity index (χ2n) is 5.50. The molecule has 0 bridgehead atoms. The molecule has 2 aromatic rings. The molecular formula is C17H23N3O3. The van der Waals surface area contributed by atoms with E-state index in [-0.39, 0.29) is 18.7 Å². The lowest BCUT2D eigenvalue weighted by molar-refractivity contribution is 0.208. The second kappa shape index (κ2) is 8.36. The van der Waals surface area contributed by atoms with Crippen molar-refractivity contribution < 1.29 is 14.3 Å². The minimum atomic E-state index is -0.433. The fourth-order valence-electron chi connectivity index (χ4n) is 2.34. The number of benzene rings is 1. The highest BCUT2D eigenvalue weighted by Crippen LogP contribution is 2.17. The first-order valence-electron chi connectivity index (χ1n) is 7.51. The van der Waals surface area contributed by atoms with E-state index in [0.29, 0.717) is 6.54 Å². The normalized spacial score (nSPS) is 13.6. The van der Waals surface area contributed by atoms with Crippen LogP contribution in [0.5, 0.6) is 0 Å². The maximum atomic E-state index is 12.1. The van der Waals surface area contributed by atoms with E-state index in [4.69, 9.17) is 4.42 Å². The van der Waals surface area contributed by atoms with E-state index in [1.165, 1.54) is 0 Å². The fraction of sp³-hybridized carbons (Fsp3) is 0.353. The first-order valence-corrected chi connectivity index (χ1v) is 7.51. The summed E-state index contributed by atoms with van der Waals surface area (Å²) in [7, 11) is 3.85. The maximum absolute atomic E-state index is 12.1. The van der Waals surface area contributed by atoms with Gasteiger partial charge in [-0.15, -0.1) is 0 Å². The number of hydrogen-bond acceptors (Lipinski definition) is 4. The van der Waals surface area contributed by atoms with Crippen molar-refractivity contribution in [2.45, 2.75) is 12.1 Å². The molecule has 0 aliphatic rings. The summed E-state index contributed by atoms with van der Waals surface area (Å²) in [6, 6.07) is 12.3. The molecule has 1 aromatic heterocycles. The van der Waals surface area contributed by atoms with E-state index in [1.54, 1.807) is 6.26 Å². The van der Waals surface area contributed by atoms with Crippen molar-refractivity contribution in [3.8, 4) is 0 Å². The minimum absolute atomic E-state index is 0.0555. The molecule has 1 heterocycles. The maximum Gasteiger partial charge on any atom is 0.315 e. The fourth-order valence-corrected chi connectivity index (χ4v) is 2.34. The van der Waals surface area contributed by atoms with Gasteiger partial charge in [-0.1, -0.05) is 30.3 Å². The zero-order chi connectivity index (χ0) is 16.7. The highest BCUT2D eigenvalue weighted by molar-refractivity contribution is 5.74. The standard InChI is InChI=1S/C17H23N3O3/c1-20(2)15(16-9-6-10-23-16)11-18-17(22)19-14(12-21)13-7-4-3-5-8-13/h3-10,14-15,21H,11-12H2,1-2H3,(H2,18,19,22). The van der Waals surface area contributed by atoms with Crippen LogP contribution < -0.4 is 10.6 Å². The number of aliphatic hydroxyl groups excluding tert-OH is 1. The number of amides is 2. The third-order valence-electron chi connectivity index (χ3n) is 3.64. The predicted molar refractivity (Wildman–Crippen MR) is 87.9 cm³/mol. The van der Waals surface area contributed by atoms with Crippen LogP contribution in [0.2, 0.25) is 0 Å². The van der Waals surface area contributed by atoms with Crippen LogP contribution in [-0.2, 0) is 0 Å². The molecule has 0 radical (unpaired) electrons. The summed E-state index contributed by atoms with van der Waals surface area (Å²) in [5.74, 6) is 0.789. The summed E-state index contributed by atoms with van der Waals surface area (Å²) in [6.07, 6.45) is 1.61. The Morgan fingerprint density at radius 2 is 1.96 bits per heavy atom. The largest absolute Gasteiger partial charge is 0.468 e. The van der Waals surface area contributed by atoms with E-state index in [9.17, 15) is 9.90 Å². The van der Waals surface area contributed by atoms with Crippen molar-refractivity contribution in [1.29, 1.82) is 0 Å². The van der Waals surface area contributed by atoms with Crippen LogP contribution in [0.15, 0.2) is 53.1 Å². The third-order valence-corrected chi connectivity index (χ3v) is 3.64. The summed E-state index contributed by atoms with van der Waals surface area (Å²) < 4.78 is 5.41. The molecule has 3 N–H and O–H groups in total. The number of hydrogen-bond donors (Lipinski definition) is 3. The zero-order valence-corrected chi connectivity index (χ0v) is 13.4. The lowest BCUT2D eigenvalue weighted by atomic mass is 10.1. The Labute approximate surface area is 136 Å². The molecule has 0 saturated heterocycles. The number of likely N-dealkylation sites (N-methyl/N-ethyl adjacent to an activating group) is 1. The molecule has 6 nitrogen and oxygen atoms in total. The zero-order valence-electron chi connectivity index (χ0n) is 13.4. The highest BCUT2D eigenvalue weighted by Gasteiger charge is 2.19. The van der Waals surface area contributed by atoms with Gasteiger partial charge in [0.25, 0.3) is 0 Å². The smallest absolute Gasteiger partial charge is 0.315 e. The van der Waals surface area contributed by atoms with Gasteiger partial charge in [0, 0.05) is 6.54 Å². The summed E-state index contributed by atoms with van der Waals surface area (Å²) in [6.45, 7) is 0.242. The van der Waals surface area contributed by atoms with E-state index in [2.05, 4.69) is 10.6 Å². The number of nitrogens with zero attached hydrogens (tertiary/aromatic N) is 1. The van der Waals surface area contributed by atoms with Crippen molar-refractivity contribution in [3.63, 3.8) is 0 Å². The predicted octanol–water partition coefficient (Wildman–Crippen LogP) is 1.92. The molecule has 0 fully saturated rings. The summed E-state index contributed by atoms with van der Waals surface area (Å²) >= 11 is 0. The number of rotatable bonds is 7. The van der Waals surface area contributed by atoms with Gasteiger partial charge in [-0.2, -0.15) is 0 Å². The topological polar surface area (TPSA) is 77.7 Å². The van der Waals surface area contributed by atoms with Gasteiger partial charge >= 0.3 is 6.03 Å². The molecule has 0 saturated carbocycles. The monoisotopic (exact) mass is 317 g/mol. The minimum Gasteiger partial charge on any atom is -0.468 e. The summed E-state index contributed by atoms with van der Waals surface area (Å²) in [5, 5.41) is 15.1. The number of urea groups is 1. The molecule has 0 spiro atoms. The molecule has 1 aromatic carbocycles.